The van der Waals surface area contributed by atoms with E-state index in [1.54, 1.807) is 6.20 Å². The minimum Gasteiger partial charge on any atom is -0.353 e. The maximum absolute atomic E-state index is 14.5. The second kappa shape index (κ2) is 8.80. The summed E-state index contributed by atoms with van der Waals surface area (Å²) in [5, 5.41) is 8.55. The van der Waals surface area contributed by atoms with Gasteiger partial charge in [-0.05, 0) is 35.9 Å². The van der Waals surface area contributed by atoms with Crippen LogP contribution in [0.5, 0.6) is 0 Å². The Hall–Kier alpha value is -3.50. The van der Waals surface area contributed by atoms with Gasteiger partial charge in [-0.25, -0.2) is 4.39 Å². The molecule has 170 valence electrons. The number of aromatic nitrogens is 2. The molecule has 33 heavy (non-hydrogen) atoms. The van der Waals surface area contributed by atoms with Gasteiger partial charge >= 0.3 is 21.4 Å². The molecule has 0 bridgehead atoms. The van der Waals surface area contributed by atoms with Gasteiger partial charge in [0, 0.05) is 23.6 Å². The van der Waals surface area contributed by atoms with Gasteiger partial charge in [-0.15, -0.1) is 9.39 Å². The minimum absolute atomic E-state index is 0.0667. The predicted molar refractivity (Wildman–Crippen MR) is 117 cm³/mol. The Bertz CT molecular complexity index is 1400. The SMILES string of the molecule is O=S(=O)(NC1=[N+]=C=CS1)c1ccc(Nc2cnn(Cc3ccc(C(F)(F)F)cc3)c2)cc1F. The molecular weight excluding hydrogens is 482 g/mol. The summed E-state index contributed by atoms with van der Waals surface area (Å²) in [7, 11) is -4.16. The summed E-state index contributed by atoms with van der Waals surface area (Å²) in [6.07, 6.45) is -1.37. The van der Waals surface area contributed by atoms with Crippen LogP contribution in [0.25, 0.3) is 0 Å². The van der Waals surface area contributed by atoms with E-state index in [4.69, 9.17) is 0 Å². The molecule has 0 fully saturated rings. The van der Waals surface area contributed by atoms with E-state index >= 15 is 0 Å². The van der Waals surface area contributed by atoms with Crippen LogP contribution in [0.1, 0.15) is 11.1 Å². The van der Waals surface area contributed by atoms with Crippen molar-refractivity contribution in [2.75, 3.05) is 5.32 Å². The molecule has 13 heteroatoms. The Morgan fingerprint density at radius 2 is 1.88 bits per heavy atom. The van der Waals surface area contributed by atoms with E-state index in [1.165, 1.54) is 34.5 Å². The van der Waals surface area contributed by atoms with Crippen LogP contribution in [0.4, 0.5) is 28.9 Å². The molecule has 0 radical (unpaired) electrons. The molecule has 1 aliphatic heterocycles. The smallest absolute Gasteiger partial charge is 0.353 e. The lowest BCUT2D eigenvalue weighted by Crippen LogP contribution is -2.29. The molecule has 2 heterocycles. The number of nitrogens with one attached hydrogen (secondary N) is 2. The highest BCUT2D eigenvalue weighted by atomic mass is 32.2. The van der Waals surface area contributed by atoms with Gasteiger partial charge in [0.25, 0.3) is 0 Å². The highest BCUT2D eigenvalue weighted by Crippen LogP contribution is 2.29. The quantitative estimate of drug-likeness (QED) is 0.403. The highest BCUT2D eigenvalue weighted by molar-refractivity contribution is 8.17. The van der Waals surface area contributed by atoms with Crippen molar-refractivity contribution in [3.05, 3.63) is 77.2 Å². The zero-order chi connectivity index (χ0) is 23.6. The number of benzene rings is 2. The summed E-state index contributed by atoms with van der Waals surface area (Å²) in [5.74, 6) is 1.50. The first-order valence-electron chi connectivity index (χ1n) is 9.20. The van der Waals surface area contributed by atoms with Gasteiger partial charge in [0.05, 0.1) is 29.4 Å². The summed E-state index contributed by atoms with van der Waals surface area (Å²) in [4.78, 5) is -0.541. The first-order chi connectivity index (χ1) is 15.6. The maximum atomic E-state index is 14.5. The number of nitrogens with zero attached hydrogens (tertiary/aromatic N) is 3. The van der Waals surface area contributed by atoms with Crippen LogP contribution in [0.15, 0.2) is 65.2 Å². The second-order valence-corrected chi connectivity index (χ2v) is 9.29. The third kappa shape index (κ3) is 5.47. The molecule has 0 spiro atoms. The van der Waals surface area contributed by atoms with Gasteiger partial charge in [0.2, 0.25) is 0 Å². The number of hydrogen-bond acceptors (Lipinski definition) is 5. The van der Waals surface area contributed by atoms with Crippen molar-refractivity contribution in [2.45, 2.75) is 17.6 Å². The van der Waals surface area contributed by atoms with Crippen molar-refractivity contribution in [2.24, 2.45) is 0 Å². The lowest BCUT2D eigenvalue weighted by atomic mass is 10.1. The monoisotopic (exact) mass is 496 g/mol. The van der Waals surface area contributed by atoms with Gasteiger partial charge in [-0.3, -0.25) is 4.68 Å². The minimum atomic E-state index is -4.40. The van der Waals surface area contributed by atoms with Crippen LogP contribution in [0, 0.1) is 5.82 Å². The zero-order valence-electron chi connectivity index (χ0n) is 16.5. The number of alkyl halides is 3. The van der Waals surface area contributed by atoms with Crippen LogP contribution in [-0.4, -0.2) is 29.2 Å². The van der Waals surface area contributed by atoms with Crippen LogP contribution in [-0.2, 0) is 22.7 Å². The summed E-state index contributed by atoms with van der Waals surface area (Å²) in [5.41, 5.74) is 0.641. The largest absolute Gasteiger partial charge is 0.435 e. The van der Waals surface area contributed by atoms with Crippen molar-refractivity contribution in [1.29, 1.82) is 0 Å². The predicted octanol–water partition coefficient (Wildman–Crippen LogP) is 3.46. The van der Waals surface area contributed by atoms with Crippen molar-refractivity contribution in [3.63, 3.8) is 0 Å². The molecule has 0 atom stereocenters. The first kappa shape index (κ1) is 22.7. The topological polar surface area (TPSA) is 90.1 Å². The Morgan fingerprint density at radius 1 is 1.12 bits per heavy atom. The molecule has 4 rings (SSSR count). The average molecular weight is 496 g/mol. The molecule has 1 aliphatic rings. The fourth-order valence-electron chi connectivity index (χ4n) is 2.87. The fourth-order valence-corrected chi connectivity index (χ4v) is 4.67. The number of anilines is 2. The van der Waals surface area contributed by atoms with Gasteiger partial charge < -0.3 is 5.32 Å². The third-order valence-electron chi connectivity index (χ3n) is 4.38. The van der Waals surface area contributed by atoms with Gasteiger partial charge in [0.1, 0.15) is 10.7 Å². The lowest BCUT2D eigenvalue weighted by Gasteiger charge is -2.08. The Morgan fingerprint density at radius 3 is 2.52 bits per heavy atom. The lowest BCUT2D eigenvalue weighted by molar-refractivity contribution is -0.137. The van der Waals surface area contributed by atoms with E-state index in [1.807, 2.05) is 0 Å². The number of amidine groups is 1. The number of rotatable bonds is 6. The van der Waals surface area contributed by atoms with E-state index in [-0.39, 0.29) is 17.4 Å². The van der Waals surface area contributed by atoms with Crippen molar-refractivity contribution in [1.82, 2.24) is 19.2 Å². The summed E-state index contributed by atoms with van der Waals surface area (Å²) < 4.78 is 84.6. The Labute approximate surface area is 189 Å². The van der Waals surface area contributed by atoms with Crippen molar-refractivity contribution < 1.29 is 26.0 Å². The number of halogens is 4. The molecule has 0 saturated heterocycles. The molecule has 0 unspecified atom stereocenters. The molecule has 7 nitrogen and oxygen atoms in total. The molecule has 0 saturated carbocycles. The van der Waals surface area contributed by atoms with E-state index in [2.05, 4.69) is 25.7 Å². The van der Waals surface area contributed by atoms with Crippen LogP contribution >= 0.6 is 11.8 Å². The van der Waals surface area contributed by atoms with E-state index in [0.717, 1.165) is 36.0 Å². The number of thioether (sulfide) groups is 1. The summed E-state index contributed by atoms with van der Waals surface area (Å²) in [6, 6.07) is 8.25. The number of sulfonamides is 1. The maximum Gasteiger partial charge on any atom is 0.435 e. The molecule has 3 aromatic rings. The van der Waals surface area contributed by atoms with Crippen molar-refractivity contribution in [3.8, 4) is 0 Å². The molecule has 1 aromatic heterocycles. The van der Waals surface area contributed by atoms with E-state index < -0.39 is 32.5 Å². The molecule has 2 aromatic carbocycles. The second-order valence-electron chi connectivity index (χ2n) is 6.78. The van der Waals surface area contributed by atoms with Crippen LogP contribution in [0.2, 0.25) is 0 Å². The third-order valence-corrected chi connectivity index (χ3v) is 6.52. The summed E-state index contributed by atoms with van der Waals surface area (Å²) >= 11 is 1.01. The van der Waals surface area contributed by atoms with Gasteiger partial charge in [-0.1, -0.05) is 12.1 Å². The molecule has 0 amide bonds. The van der Waals surface area contributed by atoms with Crippen LogP contribution in [0.3, 0.4) is 0 Å². The summed E-state index contributed by atoms with van der Waals surface area (Å²) in [6.45, 7) is 0.227. The van der Waals surface area contributed by atoms with Gasteiger partial charge in [0.15, 0.2) is 5.87 Å². The fraction of sp³-hybridized carbons (Fsp3) is 0.100. The Kier molecular flexibility index (Phi) is 6.05. The Balaban J connectivity index is 1.43. The number of hydrogen-bond donors (Lipinski definition) is 2. The standard InChI is InChI=1S/C20H13F4N5O2S2/c21-17-9-15(5-6-18(17)33(30,31)28-19-25-7-8-32-19)27-16-10-26-29(12-16)11-13-1-3-14(4-2-13)20(22,23)24/h1-6,8-10,12,27H,11H2/p+1. The average Bonchev–Trinajstić information content (AvgIpc) is 3.39. The zero-order valence-corrected chi connectivity index (χ0v) is 18.1. The normalized spacial score (nSPS) is 13.3. The molecule has 2 N–H and O–H groups in total. The van der Waals surface area contributed by atoms with Gasteiger partial charge in [-0.2, -0.15) is 26.7 Å². The molecular formula is C20H14F4N5O2S2+. The first-order valence-corrected chi connectivity index (χ1v) is 11.6. The van der Waals surface area contributed by atoms with Crippen molar-refractivity contribution >= 4 is 44.2 Å². The highest BCUT2D eigenvalue weighted by Gasteiger charge is 2.30. The van der Waals surface area contributed by atoms with E-state index in [9.17, 15) is 26.0 Å². The van der Waals surface area contributed by atoms with E-state index in [0.29, 0.717) is 11.3 Å². The van der Waals surface area contributed by atoms with Crippen LogP contribution < -0.4 is 14.7 Å². The molecule has 0 aliphatic carbocycles.